The molecule has 0 spiro atoms. The van der Waals surface area contributed by atoms with E-state index < -0.39 is 12.2 Å². The number of aliphatic hydroxyl groups excluding tert-OH is 2. The number of benzene rings is 2. The minimum atomic E-state index is -0.795. The Morgan fingerprint density at radius 3 is 2.21 bits per heavy atom. The van der Waals surface area contributed by atoms with E-state index in [1.807, 2.05) is 20.8 Å². The Morgan fingerprint density at radius 1 is 0.970 bits per heavy atom. The fourth-order valence-electron chi connectivity index (χ4n) is 3.48. The van der Waals surface area contributed by atoms with E-state index in [1.165, 1.54) is 30.3 Å². The summed E-state index contributed by atoms with van der Waals surface area (Å²) in [5, 5.41) is 51.7. The second kappa shape index (κ2) is 11.7. The van der Waals surface area contributed by atoms with Gasteiger partial charge in [-0.15, -0.1) is 0 Å². The van der Waals surface area contributed by atoms with Crippen LogP contribution in [0.5, 0.6) is 17.2 Å². The first-order valence-corrected chi connectivity index (χ1v) is 10.8. The number of fused-ring (bicyclic) bond motifs is 1. The van der Waals surface area contributed by atoms with E-state index in [0.29, 0.717) is 22.0 Å². The summed E-state index contributed by atoms with van der Waals surface area (Å²) in [6.45, 7) is 6.15. The van der Waals surface area contributed by atoms with E-state index in [4.69, 9.17) is 15.9 Å². The van der Waals surface area contributed by atoms with E-state index in [-0.39, 0.29) is 41.4 Å². The Morgan fingerprint density at radius 2 is 1.64 bits per heavy atom. The summed E-state index contributed by atoms with van der Waals surface area (Å²) in [4.78, 5) is 14.0. The predicted molar refractivity (Wildman–Crippen MR) is 127 cm³/mol. The number of rotatable bonds is 7. The number of aliphatic hydroxyl groups is 2. The van der Waals surface area contributed by atoms with Gasteiger partial charge in [-0.05, 0) is 41.8 Å². The van der Waals surface area contributed by atoms with Crippen LogP contribution in [-0.2, 0) is 0 Å². The van der Waals surface area contributed by atoms with Crippen LogP contribution in [0.1, 0.15) is 50.5 Å². The quantitative estimate of drug-likeness (QED) is 0.248. The number of H-pyrrole nitrogens is 1. The number of aromatic hydroxyl groups is 3. The van der Waals surface area contributed by atoms with Crippen LogP contribution in [-0.4, -0.2) is 49.1 Å². The third-order valence-electron chi connectivity index (χ3n) is 5.20. The molecular weight excluding hydrogens is 426 g/mol. The topological polar surface area (TPSA) is 172 Å². The Labute approximate surface area is 192 Å². The van der Waals surface area contributed by atoms with Crippen LogP contribution < -0.4 is 16.6 Å². The summed E-state index contributed by atoms with van der Waals surface area (Å²) in [7, 11) is 0. The zero-order chi connectivity index (χ0) is 24.7. The fraction of sp³-hybridized carbons (Fsp3) is 0.375. The SMILES string of the molecule is CCC(NC(C)C)C(O)c1ccc(O)c2[nH]c(=O)ccc12.NC[C@H](O)c1ccc(O)c(O)c1. The van der Waals surface area contributed by atoms with Gasteiger partial charge < -0.3 is 41.6 Å². The molecule has 0 amide bonds. The van der Waals surface area contributed by atoms with Crippen LogP contribution in [0.25, 0.3) is 10.9 Å². The Kier molecular flexibility index (Phi) is 9.24. The highest BCUT2D eigenvalue weighted by Gasteiger charge is 2.22. The normalized spacial score (nSPS) is 13.9. The maximum Gasteiger partial charge on any atom is 0.248 e. The number of phenolic OH excluding ortho intramolecular Hbond substituents is 3. The van der Waals surface area contributed by atoms with Crippen molar-refractivity contribution in [2.24, 2.45) is 5.73 Å². The van der Waals surface area contributed by atoms with E-state index in [2.05, 4.69) is 10.3 Å². The third-order valence-corrected chi connectivity index (χ3v) is 5.20. The van der Waals surface area contributed by atoms with Gasteiger partial charge in [-0.3, -0.25) is 4.79 Å². The third kappa shape index (κ3) is 6.69. The van der Waals surface area contributed by atoms with Crippen molar-refractivity contribution in [3.8, 4) is 17.2 Å². The summed E-state index contributed by atoms with van der Waals surface area (Å²) < 4.78 is 0. The van der Waals surface area contributed by atoms with Crippen molar-refractivity contribution < 1.29 is 25.5 Å². The lowest BCUT2D eigenvalue weighted by atomic mass is 9.95. The van der Waals surface area contributed by atoms with Gasteiger partial charge in [-0.2, -0.15) is 0 Å². The monoisotopic (exact) mass is 459 g/mol. The molecular formula is C24H33N3O6. The van der Waals surface area contributed by atoms with Crippen molar-refractivity contribution in [3.63, 3.8) is 0 Å². The van der Waals surface area contributed by atoms with Crippen molar-refractivity contribution in [1.82, 2.24) is 10.3 Å². The van der Waals surface area contributed by atoms with Crippen molar-refractivity contribution in [3.05, 3.63) is 63.9 Å². The van der Waals surface area contributed by atoms with Gasteiger partial charge >= 0.3 is 0 Å². The minimum absolute atomic E-state index is 0.00326. The van der Waals surface area contributed by atoms with E-state index in [1.54, 1.807) is 12.1 Å². The molecule has 180 valence electrons. The molecule has 0 aliphatic carbocycles. The highest BCUT2D eigenvalue weighted by atomic mass is 16.3. The van der Waals surface area contributed by atoms with Crippen LogP contribution in [0.4, 0.5) is 0 Å². The lowest BCUT2D eigenvalue weighted by Crippen LogP contribution is -2.39. The number of pyridine rings is 1. The van der Waals surface area contributed by atoms with Crippen molar-refractivity contribution >= 4 is 10.9 Å². The average Bonchev–Trinajstić information content (AvgIpc) is 2.79. The number of aromatic nitrogens is 1. The zero-order valence-electron chi connectivity index (χ0n) is 19.0. The summed E-state index contributed by atoms with van der Waals surface area (Å²) in [6.07, 6.45) is -0.742. The molecule has 0 radical (unpaired) electrons. The van der Waals surface area contributed by atoms with Crippen molar-refractivity contribution in [2.45, 2.75) is 51.5 Å². The molecule has 2 aromatic carbocycles. The summed E-state index contributed by atoms with van der Waals surface area (Å²) in [5.41, 5.74) is 6.46. The van der Waals surface area contributed by atoms with Crippen molar-refractivity contribution in [2.75, 3.05) is 6.54 Å². The molecule has 3 atom stereocenters. The standard InChI is InChI=1S/C16H22N2O3.C8H11NO3/c1-4-12(17-9(2)3)16(21)11-5-7-13(19)15-10(11)6-8-14(20)18-15;9-4-8(12)5-1-2-6(10)7(11)3-5/h5-9,12,16-17,19,21H,4H2,1-3H3,(H,18,20);1-3,8,10-12H,4,9H2/t;8-/m.0/s1. The van der Waals surface area contributed by atoms with Gasteiger partial charge in [0.1, 0.15) is 5.75 Å². The maximum atomic E-state index is 11.4. The van der Waals surface area contributed by atoms with Crippen LogP contribution in [0.2, 0.25) is 0 Å². The number of hydrogen-bond donors (Lipinski definition) is 8. The lowest BCUT2D eigenvalue weighted by molar-refractivity contribution is 0.123. The van der Waals surface area contributed by atoms with Gasteiger partial charge in [-0.1, -0.05) is 32.9 Å². The van der Waals surface area contributed by atoms with E-state index in [9.17, 15) is 20.1 Å². The minimum Gasteiger partial charge on any atom is -0.506 e. The largest absolute Gasteiger partial charge is 0.506 e. The van der Waals surface area contributed by atoms with Gasteiger partial charge in [0.25, 0.3) is 0 Å². The highest BCUT2D eigenvalue weighted by Crippen LogP contribution is 2.31. The summed E-state index contributed by atoms with van der Waals surface area (Å²) in [6, 6.07) is 10.5. The summed E-state index contributed by atoms with van der Waals surface area (Å²) >= 11 is 0. The molecule has 0 saturated carbocycles. The molecule has 9 heteroatoms. The van der Waals surface area contributed by atoms with Gasteiger partial charge in [0.2, 0.25) is 5.56 Å². The zero-order valence-corrected chi connectivity index (χ0v) is 19.0. The molecule has 33 heavy (non-hydrogen) atoms. The number of nitrogens with one attached hydrogen (secondary N) is 2. The highest BCUT2D eigenvalue weighted by molar-refractivity contribution is 5.87. The maximum absolute atomic E-state index is 11.4. The van der Waals surface area contributed by atoms with Crippen LogP contribution in [0.3, 0.4) is 0 Å². The molecule has 9 N–H and O–H groups in total. The second-order valence-electron chi connectivity index (χ2n) is 8.07. The smallest absolute Gasteiger partial charge is 0.248 e. The molecule has 2 unspecified atom stereocenters. The van der Waals surface area contributed by atoms with Gasteiger partial charge in [0.15, 0.2) is 11.5 Å². The van der Waals surface area contributed by atoms with Crippen LogP contribution in [0.15, 0.2) is 47.3 Å². The Hall–Kier alpha value is -3.11. The number of aromatic amines is 1. The summed E-state index contributed by atoms with van der Waals surface area (Å²) in [5.74, 6) is -0.452. The first-order chi connectivity index (χ1) is 15.6. The molecule has 0 fully saturated rings. The second-order valence-corrected chi connectivity index (χ2v) is 8.07. The number of hydrogen-bond acceptors (Lipinski definition) is 8. The van der Waals surface area contributed by atoms with Gasteiger partial charge in [0, 0.05) is 30.1 Å². The van der Waals surface area contributed by atoms with Gasteiger partial charge in [-0.25, -0.2) is 0 Å². The molecule has 0 aliphatic heterocycles. The van der Waals surface area contributed by atoms with Crippen molar-refractivity contribution in [1.29, 1.82) is 0 Å². The first kappa shape index (κ1) is 26.1. The Bertz CT molecular complexity index is 1120. The van der Waals surface area contributed by atoms with Gasteiger partial charge in [0.05, 0.1) is 17.7 Å². The number of nitrogens with two attached hydrogens (primary N) is 1. The molecule has 1 aromatic heterocycles. The predicted octanol–water partition coefficient (Wildman–Crippen LogP) is 2.13. The first-order valence-electron chi connectivity index (χ1n) is 10.8. The molecule has 1 heterocycles. The lowest BCUT2D eigenvalue weighted by Gasteiger charge is -2.26. The van der Waals surface area contributed by atoms with Crippen LogP contribution >= 0.6 is 0 Å². The Balaban J connectivity index is 0.000000273. The molecule has 0 bridgehead atoms. The average molecular weight is 460 g/mol. The molecule has 3 rings (SSSR count). The molecule has 0 aliphatic rings. The number of phenols is 3. The molecule has 3 aromatic rings. The van der Waals surface area contributed by atoms with Crippen LogP contribution in [0, 0.1) is 0 Å². The molecule has 0 saturated heterocycles. The fourth-order valence-corrected chi connectivity index (χ4v) is 3.48. The van der Waals surface area contributed by atoms with E-state index >= 15 is 0 Å². The molecule has 9 nitrogen and oxygen atoms in total. The van der Waals surface area contributed by atoms with E-state index in [0.717, 1.165) is 6.42 Å².